The van der Waals surface area contributed by atoms with E-state index in [1.165, 1.54) is 41.0 Å². The number of rotatable bonds is 4. The molecular weight excluding hydrogens is 268 g/mol. The molecule has 1 amide bonds. The number of carbonyl (C=O) groups excluding carboxylic acids is 1. The molecule has 2 fully saturated rings. The highest BCUT2D eigenvalue weighted by molar-refractivity contribution is 7.12. The molecule has 2 N–H and O–H groups in total. The molecule has 2 aliphatic heterocycles. The summed E-state index contributed by atoms with van der Waals surface area (Å²) >= 11 is 1.79. The third kappa shape index (κ3) is 3.23. The molecule has 0 radical (unpaired) electrons. The van der Waals surface area contributed by atoms with E-state index in [1.54, 1.807) is 11.3 Å². The van der Waals surface area contributed by atoms with Crippen LogP contribution in [-0.4, -0.2) is 18.0 Å². The van der Waals surface area contributed by atoms with E-state index in [4.69, 9.17) is 0 Å². The fourth-order valence-corrected chi connectivity index (χ4v) is 4.59. The van der Waals surface area contributed by atoms with Gasteiger partial charge in [-0.15, -0.1) is 11.3 Å². The van der Waals surface area contributed by atoms with Gasteiger partial charge in [-0.05, 0) is 57.1 Å². The molecule has 2 atom stereocenters. The fourth-order valence-electron chi connectivity index (χ4n) is 3.60. The minimum absolute atomic E-state index is 0.222. The highest BCUT2D eigenvalue weighted by atomic mass is 32.1. The Hall–Kier alpha value is -0.870. The third-order valence-electron chi connectivity index (χ3n) is 4.72. The zero-order valence-electron chi connectivity index (χ0n) is 12.4. The summed E-state index contributed by atoms with van der Waals surface area (Å²) in [6, 6.07) is 3.54. The Morgan fingerprint density at radius 1 is 1.35 bits per heavy atom. The van der Waals surface area contributed by atoms with Gasteiger partial charge in [0.1, 0.15) is 0 Å². The normalized spacial score (nSPS) is 28.6. The summed E-state index contributed by atoms with van der Waals surface area (Å²) in [5, 5.41) is 6.72. The highest BCUT2D eigenvalue weighted by Crippen LogP contribution is 2.32. The van der Waals surface area contributed by atoms with Crippen molar-refractivity contribution < 1.29 is 4.79 Å². The largest absolute Gasteiger partial charge is 0.351 e. The summed E-state index contributed by atoms with van der Waals surface area (Å²) in [4.78, 5) is 14.7. The van der Waals surface area contributed by atoms with E-state index in [9.17, 15) is 4.79 Å². The van der Waals surface area contributed by atoms with Crippen LogP contribution in [0, 0.1) is 19.8 Å². The van der Waals surface area contributed by atoms with Crippen molar-refractivity contribution in [3.05, 3.63) is 21.4 Å². The van der Waals surface area contributed by atoms with Gasteiger partial charge in [0.05, 0.1) is 6.54 Å². The molecule has 3 heterocycles. The van der Waals surface area contributed by atoms with Crippen LogP contribution < -0.4 is 10.6 Å². The lowest BCUT2D eigenvalue weighted by molar-refractivity contribution is -0.122. The first-order valence-corrected chi connectivity index (χ1v) is 8.50. The van der Waals surface area contributed by atoms with E-state index < -0.39 is 0 Å². The lowest BCUT2D eigenvalue weighted by Crippen LogP contribution is -2.39. The van der Waals surface area contributed by atoms with Gasteiger partial charge < -0.3 is 10.6 Å². The second kappa shape index (κ2) is 5.86. The molecule has 0 spiro atoms. The molecule has 0 aromatic carbocycles. The topological polar surface area (TPSA) is 41.1 Å². The summed E-state index contributed by atoms with van der Waals surface area (Å²) in [7, 11) is 0. The van der Waals surface area contributed by atoms with Gasteiger partial charge in [0.2, 0.25) is 5.91 Å². The minimum Gasteiger partial charge on any atom is -0.351 e. The molecule has 2 saturated heterocycles. The van der Waals surface area contributed by atoms with E-state index in [2.05, 4.69) is 30.5 Å². The zero-order valence-corrected chi connectivity index (χ0v) is 13.2. The molecule has 3 nitrogen and oxygen atoms in total. The number of hydrogen-bond acceptors (Lipinski definition) is 3. The highest BCUT2D eigenvalue weighted by Gasteiger charge is 2.34. The maximum absolute atomic E-state index is 12.1. The van der Waals surface area contributed by atoms with Crippen LogP contribution in [0.2, 0.25) is 0 Å². The van der Waals surface area contributed by atoms with Crippen LogP contribution in [0.4, 0.5) is 0 Å². The standard InChI is InChI=1S/C16H24N2OS/c1-10-5-15(20-11(10)2)9-17-16(19)8-12-6-13-3-4-14(7-12)18-13/h5,12-14,18H,3-4,6-9H2,1-2H3,(H,17,19). The Balaban J connectivity index is 1.45. The first-order chi connectivity index (χ1) is 9.60. The number of thiophene rings is 1. The van der Waals surface area contributed by atoms with Gasteiger partial charge in [-0.25, -0.2) is 0 Å². The molecule has 2 bridgehead atoms. The predicted octanol–water partition coefficient (Wildman–Crippen LogP) is 2.90. The number of fused-ring (bicyclic) bond motifs is 2. The van der Waals surface area contributed by atoms with Crippen molar-refractivity contribution in [1.29, 1.82) is 0 Å². The minimum atomic E-state index is 0.222. The van der Waals surface area contributed by atoms with E-state index in [-0.39, 0.29) is 5.91 Å². The van der Waals surface area contributed by atoms with Crippen LogP contribution in [0.5, 0.6) is 0 Å². The summed E-state index contributed by atoms with van der Waals surface area (Å²) < 4.78 is 0. The maximum Gasteiger partial charge on any atom is 0.220 e. The zero-order chi connectivity index (χ0) is 14.1. The molecule has 110 valence electrons. The maximum atomic E-state index is 12.1. The van der Waals surface area contributed by atoms with Crippen molar-refractivity contribution in [3.8, 4) is 0 Å². The van der Waals surface area contributed by atoms with Crippen LogP contribution in [0.25, 0.3) is 0 Å². The number of piperidine rings is 1. The van der Waals surface area contributed by atoms with Crippen molar-refractivity contribution in [2.24, 2.45) is 5.92 Å². The Morgan fingerprint density at radius 3 is 2.65 bits per heavy atom. The molecular formula is C16H24N2OS. The van der Waals surface area contributed by atoms with Crippen molar-refractivity contribution in [2.45, 2.75) is 64.6 Å². The van der Waals surface area contributed by atoms with Crippen molar-refractivity contribution in [3.63, 3.8) is 0 Å². The number of carbonyl (C=O) groups is 1. The van der Waals surface area contributed by atoms with Gasteiger partial charge in [-0.2, -0.15) is 0 Å². The van der Waals surface area contributed by atoms with Crippen LogP contribution in [0.15, 0.2) is 6.07 Å². The first kappa shape index (κ1) is 14.1. The van der Waals surface area contributed by atoms with Crippen LogP contribution >= 0.6 is 11.3 Å². The number of nitrogens with one attached hydrogen (secondary N) is 2. The molecule has 20 heavy (non-hydrogen) atoms. The molecule has 0 aliphatic carbocycles. The van der Waals surface area contributed by atoms with Gasteiger partial charge in [-0.1, -0.05) is 0 Å². The average molecular weight is 292 g/mol. The Kier molecular flexibility index (Phi) is 4.13. The Labute approximate surface area is 125 Å². The molecule has 1 aromatic heterocycles. The molecule has 2 aliphatic rings. The van der Waals surface area contributed by atoms with E-state index in [0.717, 1.165) is 0 Å². The average Bonchev–Trinajstić information content (AvgIpc) is 2.90. The lowest BCUT2D eigenvalue weighted by atomic mass is 9.89. The summed E-state index contributed by atoms with van der Waals surface area (Å²) in [5.41, 5.74) is 1.33. The fraction of sp³-hybridized carbons (Fsp3) is 0.688. The summed E-state index contributed by atoms with van der Waals surface area (Å²) in [5.74, 6) is 0.806. The second-order valence-corrected chi connectivity index (χ2v) is 7.75. The second-order valence-electron chi connectivity index (χ2n) is 6.41. The van der Waals surface area contributed by atoms with Crippen LogP contribution in [0.1, 0.15) is 47.4 Å². The van der Waals surface area contributed by atoms with Crippen LogP contribution in [-0.2, 0) is 11.3 Å². The van der Waals surface area contributed by atoms with Crippen molar-refractivity contribution in [1.82, 2.24) is 10.6 Å². The number of amides is 1. The monoisotopic (exact) mass is 292 g/mol. The first-order valence-electron chi connectivity index (χ1n) is 7.69. The van der Waals surface area contributed by atoms with Gasteiger partial charge in [-0.3, -0.25) is 4.79 Å². The Bertz CT molecular complexity index is 465. The quantitative estimate of drug-likeness (QED) is 0.896. The lowest BCUT2D eigenvalue weighted by Gasteiger charge is -2.28. The SMILES string of the molecule is Cc1cc(CNC(=O)CC2CC3CCC(C2)N3)sc1C. The summed E-state index contributed by atoms with van der Waals surface area (Å²) in [6.07, 6.45) is 5.67. The van der Waals surface area contributed by atoms with Crippen molar-refractivity contribution in [2.75, 3.05) is 0 Å². The van der Waals surface area contributed by atoms with Gasteiger partial charge in [0.25, 0.3) is 0 Å². The number of aryl methyl sites for hydroxylation is 2. The third-order valence-corrected chi connectivity index (χ3v) is 5.87. The van der Waals surface area contributed by atoms with Crippen LogP contribution in [0.3, 0.4) is 0 Å². The van der Waals surface area contributed by atoms with E-state index in [1.807, 2.05) is 0 Å². The Morgan fingerprint density at radius 2 is 2.05 bits per heavy atom. The number of hydrogen-bond donors (Lipinski definition) is 2. The van der Waals surface area contributed by atoms with Gasteiger partial charge >= 0.3 is 0 Å². The van der Waals surface area contributed by atoms with Crippen molar-refractivity contribution >= 4 is 17.2 Å². The van der Waals surface area contributed by atoms with E-state index in [0.29, 0.717) is 31.0 Å². The van der Waals surface area contributed by atoms with Gasteiger partial charge in [0, 0.05) is 28.3 Å². The molecule has 3 rings (SSSR count). The summed E-state index contributed by atoms with van der Waals surface area (Å²) in [6.45, 7) is 4.95. The smallest absolute Gasteiger partial charge is 0.220 e. The molecule has 1 aromatic rings. The van der Waals surface area contributed by atoms with Gasteiger partial charge in [0.15, 0.2) is 0 Å². The predicted molar refractivity (Wildman–Crippen MR) is 82.9 cm³/mol. The van der Waals surface area contributed by atoms with E-state index >= 15 is 0 Å². The molecule has 4 heteroatoms. The molecule has 2 unspecified atom stereocenters. The molecule has 0 saturated carbocycles.